The van der Waals surface area contributed by atoms with Gasteiger partial charge in [0.1, 0.15) is 0 Å². The number of nitrogens with one attached hydrogen (secondary N) is 1. The van der Waals surface area contributed by atoms with Crippen LogP contribution in [0.15, 0.2) is 30.5 Å². The topological polar surface area (TPSA) is 57.4 Å². The van der Waals surface area contributed by atoms with Gasteiger partial charge in [0.05, 0.1) is 24.8 Å². The van der Waals surface area contributed by atoms with Gasteiger partial charge in [-0.2, -0.15) is 0 Å². The molecule has 3 N–H and O–H groups in total. The second-order valence-corrected chi connectivity index (χ2v) is 5.31. The summed E-state index contributed by atoms with van der Waals surface area (Å²) in [6.45, 7) is 1.09. The minimum Gasteiger partial charge on any atom is -0.394 e. The molecular formula is C15H20N2O2. The highest BCUT2D eigenvalue weighted by molar-refractivity contribution is 5.83. The van der Waals surface area contributed by atoms with Crippen LogP contribution in [0.25, 0.3) is 10.9 Å². The lowest BCUT2D eigenvalue weighted by Crippen LogP contribution is -2.20. The van der Waals surface area contributed by atoms with Gasteiger partial charge in [-0.05, 0) is 29.9 Å². The molecule has 1 heterocycles. The molecule has 1 aliphatic carbocycles. The van der Waals surface area contributed by atoms with Crippen molar-refractivity contribution in [2.45, 2.75) is 38.1 Å². The Morgan fingerprint density at radius 2 is 2.16 bits per heavy atom. The normalized spacial score (nSPS) is 16.9. The Kier molecular flexibility index (Phi) is 3.55. The monoisotopic (exact) mass is 260 g/mol. The lowest BCUT2D eigenvalue weighted by Gasteiger charge is -2.13. The number of aliphatic hydroxyl groups excluding tert-OH is 2. The lowest BCUT2D eigenvalue weighted by atomic mass is 10.1. The molecule has 0 bridgehead atoms. The Labute approximate surface area is 112 Å². The molecule has 2 aromatic rings. The van der Waals surface area contributed by atoms with Crippen molar-refractivity contribution in [2.75, 3.05) is 6.61 Å². The predicted molar refractivity (Wildman–Crippen MR) is 74.9 cm³/mol. The number of fused-ring (bicyclic) bond motifs is 1. The van der Waals surface area contributed by atoms with Crippen LogP contribution in [0.4, 0.5) is 0 Å². The van der Waals surface area contributed by atoms with Crippen molar-refractivity contribution >= 4 is 10.9 Å². The van der Waals surface area contributed by atoms with Crippen molar-refractivity contribution in [2.24, 2.45) is 0 Å². The van der Waals surface area contributed by atoms with Gasteiger partial charge in [0.25, 0.3) is 0 Å². The number of para-hydroxylation sites is 1. The predicted octanol–water partition coefficient (Wildman–Crippen LogP) is 1.25. The molecule has 1 aromatic carbocycles. The first-order valence-corrected chi connectivity index (χ1v) is 6.87. The van der Waals surface area contributed by atoms with E-state index in [1.165, 1.54) is 23.8 Å². The van der Waals surface area contributed by atoms with Crippen LogP contribution in [0.5, 0.6) is 0 Å². The average Bonchev–Trinajstić information content (AvgIpc) is 3.17. The smallest absolute Gasteiger partial charge is 0.0949 e. The second kappa shape index (κ2) is 5.33. The van der Waals surface area contributed by atoms with Crippen LogP contribution in [0.1, 0.15) is 18.4 Å². The summed E-state index contributed by atoms with van der Waals surface area (Å²) < 4.78 is 2.03. The van der Waals surface area contributed by atoms with Crippen LogP contribution in [0.2, 0.25) is 0 Å². The van der Waals surface area contributed by atoms with E-state index < -0.39 is 6.10 Å². The van der Waals surface area contributed by atoms with E-state index in [9.17, 15) is 5.11 Å². The Morgan fingerprint density at radius 3 is 2.89 bits per heavy atom. The molecule has 1 aliphatic rings. The zero-order valence-electron chi connectivity index (χ0n) is 10.9. The van der Waals surface area contributed by atoms with Crippen LogP contribution >= 0.6 is 0 Å². The van der Waals surface area contributed by atoms with E-state index in [1.807, 2.05) is 10.8 Å². The Bertz CT molecular complexity index is 560. The van der Waals surface area contributed by atoms with Crippen molar-refractivity contribution in [3.8, 4) is 0 Å². The molecule has 1 saturated carbocycles. The largest absolute Gasteiger partial charge is 0.394 e. The molecule has 4 heteroatoms. The number of rotatable bonds is 6. The first-order chi connectivity index (χ1) is 9.28. The van der Waals surface area contributed by atoms with Gasteiger partial charge in [0, 0.05) is 18.8 Å². The molecule has 102 valence electrons. The molecule has 1 fully saturated rings. The van der Waals surface area contributed by atoms with Gasteiger partial charge in [-0.25, -0.2) is 0 Å². The second-order valence-electron chi connectivity index (χ2n) is 5.31. The average molecular weight is 260 g/mol. The van der Waals surface area contributed by atoms with Crippen molar-refractivity contribution < 1.29 is 10.2 Å². The van der Waals surface area contributed by atoms with Crippen LogP contribution in [0, 0.1) is 0 Å². The van der Waals surface area contributed by atoms with Crippen molar-refractivity contribution in [3.05, 3.63) is 36.0 Å². The zero-order valence-corrected chi connectivity index (χ0v) is 10.9. The van der Waals surface area contributed by atoms with E-state index in [2.05, 4.69) is 29.6 Å². The molecule has 1 aromatic heterocycles. The summed E-state index contributed by atoms with van der Waals surface area (Å²) in [5, 5.41) is 23.3. The zero-order chi connectivity index (χ0) is 13.2. The first-order valence-electron chi connectivity index (χ1n) is 6.87. The molecule has 0 aliphatic heterocycles. The van der Waals surface area contributed by atoms with Crippen LogP contribution in [0.3, 0.4) is 0 Å². The van der Waals surface area contributed by atoms with Gasteiger partial charge in [0.2, 0.25) is 0 Å². The third-order valence-electron chi connectivity index (χ3n) is 3.65. The highest BCUT2D eigenvalue weighted by Crippen LogP contribution is 2.23. The highest BCUT2D eigenvalue weighted by Gasteiger charge is 2.20. The molecule has 4 nitrogen and oxygen atoms in total. The summed E-state index contributed by atoms with van der Waals surface area (Å²) in [5.41, 5.74) is 2.41. The summed E-state index contributed by atoms with van der Waals surface area (Å²) in [6, 6.07) is 9.01. The lowest BCUT2D eigenvalue weighted by molar-refractivity contribution is 0.0822. The highest BCUT2D eigenvalue weighted by atomic mass is 16.3. The van der Waals surface area contributed by atoms with Gasteiger partial charge >= 0.3 is 0 Å². The van der Waals surface area contributed by atoms with Gasteiger partial charge in [-0.1, -0.05) is 18.2 Å². The van der Waals surface area contributed by atoms with E-state index in [0.717, 1.165) is 12.1 Å². The minimum atomic E-state index is -0.708. The fourth-order valence-electron chi connectivity index (χ4n) is 2.46. The molecule has 1 unspecified atom stereocenters. The maximum absolute atomic E-state index is 9.62. The fraction of sp³-hybridized carbons (Fsp3) is 0.467. The van der Waals surface area contributed by atoms with Crippen LogP contribution in [-0.4, -0.2) is 33.5 Å². The molecule has 1 atom stereocenters. The number of aliphatic hydroxyl groups is 2. The summed E-state index contributed by atoms with van der Waals surface area (Å²) >= 11 is 0. The number of aromatic nitrogens is 1. The number of benzene rings is 1. The molecular weight excluding hydrogens is 240 g/mol. The van der Waals surface area contributed by atoms with Crippen LogP contribution < -0.4 is 5.32 Å². The standard InChI is InChI=1S/C15H20N2O2/c18-10-14(19)9-17-7-6-11-2-1-3-12(15(11)17)8-16-13-4-5-13/h1-3,6-7,13-14,16,18-19H,4-5,8-10H2. The maximum Gasteiger partial charge on any atom is 0.0949 e. The maximum atomic E-state index is 9.62. The molecule has 0 radical (unpaired) electrons. The summed E-state index contributed by atoms with van der Waals surface area (Å²) in [5.74, 6) is 0. The summed E-state index contributed by atoms with van der Waals surface area (Å²) in [6.07, 6.45) is 3.82. The number of hydrogen-bond acceptors (Lipinski definition) is 3. The Balaban J connectivity index is 1.88. The Morgan fingerprint density at radius 1 is 1.32 bits per heavy atom. The van der Waals surface area contributed by atoms with E-state index in [0.29, 0.717) is 12.6 Å². The Hall–Kier alpha value is -1.36. The number of hydrogen-bond donors (Lipinski definition) is 3. The molecule has 0 saturated heterocycles. The van der Waals surface area contributed by atoms with E-state index in [4.69, 9.17) is 5.11 Å². The first kappa shape index (κ1) is 12.7. The molecule has 19 heavy (non-hydrogen) atoms. The van der Waals surface area contributed by atoms with E-state index in [1.54, 1.807) is 0 Å². The van der Waals surface area contributed by atoms with Crippen molar-refractivity contribution in [3.63, 3.8) is 0 Å². The molecule has 0 spiro atoms. The molecule has 3 rings (SSSR count). The fourth-order valence-corrected chi connectivity index (χ4v) is 2.46. The molecule has 0 amide bonds. The minimum absolute atomic E-state index is 0.206. The summed E-state index contributed by atoms with van der Waals surface area (Å²) in [7, 11) is 0. The quantitative estimate of drug-likeness (QED) is 0.732. The van der Waals surface area contributed by atoms with E-state index in [-0.39, 0.29) is 6.61 Å². The third kappa shape index (κ3) is 2.81. The SMILES string of the molecule is OCC(O)Cn1ccc2cccc(CNC3CC3)c21. The van der Waals surface area contributed by atoms with Gasteiger partial charge in [-0.3, -0.25) is 0 Å². The third-order valence-corrected chi connectivity index (χ3v) is 3.65. The summed E-state index contributed by atoms with van der Waals surface area (Å²) in [4.78, 5) is 0. The van der Waals surface area contributed by atoms with Gasteiger partial charge in [-0.15, -0.1) is 0 Å². The van der Waals surface area contributed by atoms with Crippen LogP contribution in [-0.2, 0) is 13.1 Å². The van der Waals surface area contributed by atoms with E-state index >= 15 is 0 Å². The van der Waals surface area contributed by atoms with Crippen molar-refractivity contribution in [1.82, 2.24) is 9.88 Å². The number of nitrogens with zero attached hydrogens (tertiary/aromatic N) is 1. The van der Waals surface area contributed by atoms with Gasteiger partial charge in [0.15, 0.2) is 0 Å². The van der Waals surface area contributed by atoms with Crippen molar-refractivity contribution in [1.29, 1.82) is 0 Å². The van der Waals surface area contributed by atoms with Gasteiger partial charge < -0.3 is 20.1 Å².